The Balaban J connectivity index is 0.00000105. The van der Waals surface area contributed by atoms with Crippen molar-refractivity contribution in [2.75, 3.05) is 19.6 Å². The molecule has 1 aromatic heterocycles. The number of nitrogens with one attached hydrogen (secondary N) is 1. The number of rotatable bonds is 2. The number of nitrogens with zero attached hydrogens (tertiary/aromatic N) is 4. The number of hydrogen-bond donors (Lipinski definition) is 1. The van der Waals surface area contributed by atoms with Gasteiger partial charge >= 0.3 is 0 Å². The van der Waals surface area contributed by atoms with E-state index < -0.39 is 0 Å². The van der Waals surface area contributed by atoms with Gasteiger partial charge in [0.15, 0.2) is 11.6 Å². The van der Waals surface area contributed by atoms with E-state index in [1.54, 1.807) is 0 Å². The highest BCUT2D eigenvalue weighted by Gasteiger charge is 2.58. The average molecular weight is 410 g/mol. The van der Waals surface area contributed by atoms with E-state index in [1.807, 2.05) is 23.1 Å². The minimum Gasteiger partial charge on any atom is -0.333 e. The molecule has 8 heteroatoms. The zero-order chi connectivity index (χ0) is 16.9. The van der Waals surface area contributed by atoms with E-state index in [2.05, 4.69) is 32.2 Å². The van der Waals surface area contributed by atoms with Gasteiger partial charge in [-0.15, -0.1) is 35.0 Å². The van der Waals surface area contributed by atoms with Gasteiger partial charge in [-0.3, -0.25) is 4.79 Å². The second-order valence-electron chi connectivity index (χ2n) is 7.59. The third kappa shape index (κ3) is 3.46. The Morgan fingerprint density at radius 1 is 1.07 bits per heavy atom. The first-order chi connectivity index (χ1) is 12.3. The van der Waals surface area contributed by atoms with Crippen LogP contribution in [0.1, 0.15) is 25.1 Å². The summed E-state index contributed by atoms with van der Waals surface area (Å²) >= 11 is 0. The average Bonchev–Trinajstić information content (AvgIpc) is 3.18. The molecule has 27 heavy (non-hydrogen) atoms. The molecule has 2 aromatic rings. The van der Waals surface area contributed by atoms with Crippen LogP contribution in [0.2, 0.25) is 0 Å². The number of amides is 1. The predicted octanol–water partition coefficient (Wildman–Crippen LogP) is 2.52. The molecular formula is C19H25Cl2N5O. The summed E-state index contributed by atoms with van der Waals surface area (Å²) < 4.78 is 2.16. The van der Waals surface area contributed by atoms with E-state index in [-0.39, 0.29) is 30.7 Å². The fourth-order valence-corrected chi connectivity index (χ4v) is 4.54. The lowest BCUT2D eigenvalue weighted by molar-refractivity contribution is -0.135. The Hall–Kier alpha value is -1.63. The second-order valence-corrected chi connectivity index (χ2v) is 7.59. The predicted molar refractivity (Wildman–Crippen MR) is 108 cm³/mol. The van der Waals surface area contributed by atoms with Gasteiger partial charge in [0.05, 0.1) is 6.54 Å². The molecule has 2 aliphatic heterocycles. The first-order valence-corrected chi connectivity index (χ1v) is 9.24. The number of piperidine rings is 1. The van der Waals surface area contributed by atoms with E-state index in [0.717, 1.165) is 62.7 Å². The number of hydrogen-bond acceptors (Lipinski definition) is 4. The minimum atomic E-state index is 0. The molecule has 1 atom stereocenters. The van der Waals surface area contributed by atoms with Gasteiger partial charge in [-0.1, -0.05) is 30.3 Å². The van der Waals surface area contributed by atoms with Crippen molar-refractivity contribution in [3.8, 4) is 11.4 Å². The Kier molecular flexibility index (Phi) is 5.79. The van der Waals surface area contributed by atoms with E-state index in [1.165, 1.54) is 0 Å². The van der Waals surface area contributed by atoms with Crippen LogP contribution in [0.3, 0.4) is 0 Å². The molecule has 3 aliphatic rings. The van der Waals surface area contributed by atoms with Gasteiger partial charge in [0.25, 0.3) is 0 Å². The molecule has 1 N–H and O–H groups in total. The third-order valence-electron chi connectivity index (χ3n) is 6.18. The number of carbonyl (C=O) groups is 1. The lowest BCUT2D eigenvalue weighted by Gasteiger charge is -2.30. The van der Waals surface area contributed by atoms with Gasteiger partial charge in [-0.25, -0.2) is 0 Å². The maximum atomic E-state index is 13.0. The van der Waals surface area contributed by atoms with Gasteiger partial charge < -0.3 is 14.8 Å². The fourth-order valence-electron chi connectivity index (χ4n) is 4.54. The normalized spacial score (nSPS) is 22.4. The van der Waals surface area contributed by atoms with Crippen LogP contribution in [-0.2, 0) is 17.9 Å². The first-order valence-electron chi connectivity index (χ1n) is 9.24. The first kappa shape index (κ1) is 20.1. The van der Waals surface area contributed by atoms with Crippen molar-refractivity contribution >= 4 is 30.7 Å². The molecule has 1 aromatic carbocycles. The van der Waals surface area contributed by atoms with Gasteiger partial charge in [0, 0.05) is 24.6 Å². The van der Waals surface area contributed by atoms with Crippen LogP contribution in [0.4, 0.5) is 0 Å². The number of benzene rings is 1. The van der Waals surface area contributed by atoms with Crippen molar-refractivity contribution in [1.82, 2.24) is 25.0 Å². The van der Waals surface area contributed by atoms with Crippen molar-refractivity contribution in [2.45, 2.75) is 32.4 Å². The van der Waals surface area contributed by atoms with Crippen molar-refractivity contribution in [3.63, 3.8) is 0 Å². The monoisotopic (exact) mass is 409 g/mol. The lowest BCUT2D eigenvalue weighted by atomic mass is 9.91. The SMILES string of the molecule is Cl.Cl.O=C(C1CC12CCNCC2)N1CCn2c(nnc2-c2ccccc2)C1. The summed E-state index contributed by atoms with van der Waals surface area (Å²) in [6.45, 7) is 4.23. The number of halogens is 2. The largest absolute Gasteiger partial charge is 0.333 e. The summed E-state index contributed by atoms with van der Waals surface area (Å²) in [5.74, 6) is 2.37. The van der Waals surface area contributed by atoms with E-state index in [0.29, 0.717) is 17.9 Å². The fraction of sp³-hybridized carbons (Fsp3) is 0.526. The molecule has 3 heterocycles. The van der Waals surface area contributed by atoms with Gasteiger partial charge in [0.2, 0.25) is 5.91 Å². The molecule has 1 aliphatic carbocycles. The minimum absolute atomic E-state index is 0. The van der Waals surface area contributed by atoms with Crippen molar-refractivity contribution in [1.29, 1.82) is 0 Å². The summed E-state index contributed by atoms with van der Waals surface area (Å²) in [5, 5.41) is 12.1. The molecule has 6 nitrogen and oxygen atoms in total. The van der Waals surface area contributed by atoms with Crippen molar-refractivity contribution in [3.05, 3.63) is 36.2 Å². The summed E-state index contributed by atoms with van der Waals surface area (Å²) in [5.41, 5.74) is 1.37. The van der Waals surface area contributed by atoms with E-state index >= 15 is 0 Å². The lowest BCUT2D eigenvalue weighted by Crippen LogP contribution is -2.41. The van der Waals surface area contributed by atoms with E-state index in [4.69, 9.17) is 0 Å². The summed E-state index contributed by atoms with van der Waals surface area (Å²) in [4.78, 5) is 15.0. The molecule has 5 rings (SSSR count). The number of carbonyl (C=O) groups excluding carboxylic acids is 1. The second kappa shape index (κ2) is 7.78. The number of fused-ring (bicyclic) bond motifs is 1. The molecule has 1 spiro atoms. The topological polar surface area (TPSA) is 63.1 Å². The summed E-state index contributed by atoms with van der Waals surface area (Å²) in [6.07, 6.45) is 3.36. The molecule has 2 fully saturated rings. The highest BCUT2D eigenvalue weighted by atomic mass is 35.5. The van der Waals surface area contributed by atoms with Crippen LogP contribution in [0, 0.1) is 11.3 Å². The van der Waals surface area contributed by atoms with Crippen LogP contribution >= 0.6 is 24.8 Å². The molecule has 1 saturated carbocycles. The maximum absolute atomic E-state index is 13.0. The zero-order valence-corrected chi connectivity index (χ0v) is 16.8. The van der Waals surface area contributed by atoms with Crippen molar-refractivity contribution < 1.29 is 4.79 Å². The van der Waals surface area contributed by atoms with Crippen LogP contribution in [0.5, 0.6) is 0 Å². The van der Waals surface area contributed by atoms with Crippen molar-refractivity contribution in [2.24, 2.45) is 11.3 Å². The quantitative estimate of drug-likeness (QED) is 0.827. The molecule has 146 valence electrons. The molecule has 1 amide bonds. The highest BCUT2D eigenvalue weighted by molar-refractivity contribution is 5.85. The van der Waals surface area contributed by atoms with E-state index in [9.17, 15) is 4.79 Å². The van der Waals surface area contributed by atoms with Gasteiger partial charge in [-0.2, -0.15) is 0 Å². The Morgan fingerprint density at radius 2 is 1.81 bits per heavy atom. The van der Waals surface area contributed by atoms with Crippen LogP contribution in [-0.4, -0.2) is 45.2 Å². The summed E-state index contributed by atoms with van der Waals surface area (Å²) in [7, 11) is 0. The Labute approximate surface area is 171 Å². The van der Waals surface area contributed by atoms with Crippen LogP contribution in [0.15, 0.2) is 30.3 Å². The van der Waals surface area contributed by atoms with Gasteiger partial charge in [-0.05, 0) is 37.8 Å². The molecule has 1 saturated heterocycles. The van der Waals surface area contributed by atoms with Crippen LogP contribution < -0.4 is 5.32 Å². The highest BCUT2D eigenvalue weighted by Crippen LogP contribution is 2.59. The Bertz CT molecular complexity index is 804. The molecule has 0 radical (unpaired) electrons. The van der Waals surface area contributed by atoms with Crippen LogP contribution in [0.25, 0.3) is 11.4 Å². The molecule has 1 unspecified atom stereocenters. The molecular weight excluding hydrogens is 385 g/mol. The smallest absolute Gasteiger partial charge is 0.226 e. The third-order valence-corrected chi connectivity index (χ3v) is 6.18. The standard InChI is InChI=1S/C19H23N5O.2ClH/c25-18(15-12-19(15)6-8-20-9-7-19)23-10-11-24-16(13-23)21-22-17(24)14-4-2-1-3-5-14;;/h1-5,15,20H,6-13H2;2*1H. The zero-order valence-electron chi connectivity index (χ0n) is 15.1. The van der Waals surface area contributed by atoms with Gasteiger partial charge in [0.1, 0.15) is 0 Å². The summed E-state index contributed by atoms with van der Waals surface area (Å²) in [6, 6.07) is 10.1. The molecule has 0 bridgehead atoms. The number of aromatic nitrogens is 3. The Morgan fingerprint density at radius 3 is 2.56 bits per heavy atom. The maximum Gasteiger partial charge on any atom is 0.226 e.